The van der Waals surface area contributed by atoms with Crippen LogP contribution >= 0.6 is 0 Å². The lowest BCUT2D eigenvalue weighted by atomic mass is 9.81. The minimum atomic E-state index is -0.488. The van der Waals surface area contributed by atoms with Gasteiger partial charge in [0.25, 0.3) is 0 Å². The van der Waals surface area contributed by atoms with Crippen LogP contribution in [0.25, 0.3) is 0 Å². The summed E-state index contributed by atoms with van der Waals surface area (Å²) < 4.78 is 16.9. The van der Waals surface area contributed by atoms with E-state index in [2.05, 4.69) is 19.1 Å². The SMILES string of the molecule is CCC1CCc2cc(C3OC(=O)c4cccc(OC)c43)c(OC)cc2C1. The molecule has 2 aliphatic rings. The number of cyclic esters (lactones) is 1. The molecule has 1 aliphatic carbocycles. The van der Waals surface area contributed by atoms with E-state index in [0.29, 0.717) is 11.3 Å². The van der Waals surface area contributed by atoms with Gasteiger partial charge >= 0.3 is 5.97 Å². The zero-order valence-electron chi connectivity index (χ0n) is 15.5. The van der Waals surface area contributed by atoms with Gasteiger partial charge < -0.3 is 14.2 Å². The molecule has 1 aliphatic heterocycles. The number of benzene rings is 2. The lowest BCUT2D eigenvalue weighted by Gasteiger charge is -2.26. The van der Waals surface area contributed by atoms with E-state index < -0.39 is 6.10 Å². The van der Waals surface area contributed by atoms with E-state index in [1.165, 1.54) is 24.0 Å². The predicted octanol–water partition coefficient (Wildman–Crippen LogP) is 4.48. The standard InChI is InChI=1S/C22H24O4/c1-4-13-8-9-14-11-17(19(25-3)12-15(14)10-13)21-20-16(22(23)26-21)6-5-7-18(20)24-2/h5-7,11-13,21H,4,8-10H2,1-3H3. The van der Waals surface area contributed by atoms with Crippen molar-refractivity contribution in [1.29, 1.82) is 0 Å². The van der Waals surface area contributed by atoms with E-state index in [1.807, 2.05) is 12.1 Å². The lowest BCUT2D eigenvalue weighted by Crippen LogP contribution is -2.15. The summed E-state index contributed by atoms with van der Waals surface area (Å²) in [5.74, 6) is 1.87. The molecule has 0 amide bonds. The van der Waals surface area contributed by atoms with Gasteiger partial charge in [0, 0.05) is 5.56 Å². The van der Waals surface area contributed by atoms with Crippen molar-refractivity contribution in [3.05, 3.63) is 58.1 Å². The van der Waals surface area contributed by atoms with Gasteiger partial charge in [0.2, 0.25) is 0 Å². The van der Waals surface area contributed by atoms with Crippen molar-refractivity contribution in [2.75, 3.05) is 14.2 Å². The number of rotatable bonds is 4. The normalized spacial score (nSPS) is 21.0. The van der Waals surface area contributed by atoms with Crippen molar-refractivity contribution in [2.24, 2.45) is 5.92 Å². The molecule has 0 bridgehead atoms. The molecular formula is C22H24O4. The average molecular weight is 352 g/mol. The van der Waals surface area contributed by atoms with Crippen molar-refractivity contribution in [2.45, 2.75) is 38.7 Å². The molecule has 0 radical (unpaired) electrons. The molecule has 4 nitrogen and oxygen atoms in total. The second kappa shape index (κ2) is 6.67. The van der Waals surface area contributed by atoms with E-state index in [9.17, 15) is 4.79 Å². The maximum Gasteiger partial charge on any atom is 0.339 e. The number of ether oxygens (including phenoxy) is 3. The number of fused-ring (bicyclic) bond motifs is 2. The number of carbonyl (C=O) groups excluding carboxylic acids is 1. The van der Waals surface area contributed by atoms with E-state index >= 15 is 0 Å². The van der Waals surface area contributed by atoms with Gasteiger partial charge in [0.1, 0.15) is 11.5 Å². The Hall–Kier alpha value is -2.49. The van der Waals surface area contributed by atoms with Gasteiger partial charge in [-0.15, -0.1) is 0 Å². The van der Waals surface area contributed by atoms with Crippen LogP contribution in [-0.4, -0.2) is 20.2 Å². The maximum atomic E-state index is 12.4. The average Bonchev–Trinajstić information content (AvgIpc) is 3.03. The van der Waals surface area contributed by atoms with Gasteiger partial charge in [0.15, 0.2) is 6.10 Å². The first kappa shape index (κ1) is 17.0. The number of hydrogen-bond acceptors (Lipinski definition) is 4. The Morgan fingerprint density at radius 2 is 1.92 bits per heavy atom. The molecule has 4 heteroatoms. The van der Waals surface area contributed by atoms with Crippen LogP contribution in [0.15, 0.2) is 30.3 Å². The molecule has 0 N–H and O–H groups in total. The topological polar surface area (TPSA) is 44.8 Å². The highest BCUT2D eigenvalue weighted by Crippen LogP contribution is 2.45. The van der Waals surface area contributed by atoms with Crippen molar-refractivity contribution in [3.63, 3.8) is 0 Å². The summed E-state index contributed by atoms with van der Waals surface area (Å²) in [6.45, 7) is 2.25. The molecule has 2 aromatic rings. The third-order valence-electron chi connectivity index (χ3n) is 5.74. The molecule has 2 atom stereocenters. The number of methoxy groups -OCH3 is 2. The summed E-state index contributed by atoms with van der Waals surface area (Å²) in [6, 6.07) is 9.77. The van der Waals surface area contributed by atoms with Crippen LogP contribution in [0.5, 0.6) is 11.5 Å². The van der Waals surface area contributed by atoms with E-state index in [0.717, 1.165) is 35.6 Å². The summed E-state index contributed by atoms with van der Waals surface area (Å²) in [5.41, 5.74) is 4.96. The third kappa shape index (κ3) is 2.64. The van der Waals surface area contributed by atoms with Crippen LogP contribution in [0.4, 0.5) is 0 Å². The summed E-state index contributed by atoms with van der Waals surface area (Å²) in [4.78, 5) is 12.4. The predicted molar refractivity (Wildman–Crippen MR) is 99.1 cm³/mol. The highest BCUT2D eigenvalue weighted by molar-refractivity contribution is 5.95. The molecule has 0 saturated heterocycles. The second-order valence-corrected chi connectivity index (χ2v) is 7.09. The fraction of sp³-hybridized carbons (Fsp3) is 0.409. The molecule has 4 rings (SSSR count). The molecule has 0 spiro atoms. The Morgan fingerprint density at radius 1 is 1.12 bits per heavy atom. The van der Waals surface area contributed by atoms with Gasteiger partial charge in [-0.05, 0) is 60.6 Å². The Balaban J connectivity index is 1.82. The van der Waals surface area contributed by atoms with Crippen LogP contribution in [0, 0.1) is 5.92 Å². The molecule has 26 heavy (non-hydrogen) atoms. The summed E-state index contributed by atoms with van der Waals surface area (Å²) in [6.07, 6.45) is 4.07. The largest absolute Gasteiger partial charge is 0.496 e. The number of aryl methyl sites for hydroxylation is 1. The summed E-state index contributed by atoms with van der Waals surface area (Å²) >= 11 is 0. The Bertz CT molecular complexity index is 855. The smallest absolute Gasteiger partial charge is 0.339 e. The first-order chi connectivity index (χ1) is 12.7. The molecule has 0 fully saturated rings. The van der Waals surface area contributed by atoms with E-state index in [1.54, 1.807) is 20.3 Å². The van der Waals surface area contributed by atoms with E-state index in [4.69, 9.17) is 14.2 Å². The molecule has 2 aromatic carbocycles. The molecule has 136 valence electrons. The zero-order chi connectivity index (χ0) is 18.3. The van der Waals surface area contributed by atoms with Gasteiger partial charge in [-0.25, -0.2) is 4.79 Å². The zero-order valence-corrected chi connectivity index (χ0v) is 15.5. The van der Waals surface area contributed by atoms with Crippen LogP contribution in [0.3, 0.4) is 0 Å². The minimum absolute atomic E-state index is 0.310. The molecule has 1 heterocycles. The Morgan fingerprint density at radius 3 is 2.65 bits per heavy atom. The van der Waals surface area contributed by atoms with Crippen LogP contribution in [0.1, 0.15) is 58.5 Å². The van der Waals surface area contributed by atoms with Crippen molar-refractivity contribution in [1.82, 2.24) is 0 Å². The monoisotopic (exact) mass is 352 g/mol. The highest BCUT2D eigenvalue weighted by Gasteiger charge is 2.37. The van der Waals surface area contributed by atoms with Gasteiger partial charge in [-0.2, -0.15) is 0 Å². The molecular weight excluding hydrogens is 328 g/mol. The fourth-order valence-electron chi connectivity index (χ4n) is 4.23. The lowest BCUT2D eigenvalue weighted by molar-refractivity contribution is 0.0450. The Kier molecular flexibility index (Phi) is 4.35. The van der Waals surface area contributed by atoms with E-state index in [-0.39, 0.29) is 5.97 Å². The molecule has 2 unspecified atom stereocenters. The minimum Gasteiger partial charge on any atom is -0.496 e. The van der Waals surface area contributed by atoms with Crippen molar-refractivity contribution < 1.29 is 19.0 Å². The fourth-order valence-corrected chi connectivity index (χ4v) is 4.23. The van der Waals surface area contributed by atoms with Crippen molar-refractivity contribution >= 4 is 5.97 Å². The van der Waals surface area contributed by atoms with Crippen LogP contribution in [0.2, 0.25) is 0 Å². The maximum absolute atomic E-state index is 12.4. The summed E-state index contributed by atoms with van der Waals surface area (Å²) in [7, 11) is 3.29. The highest BCUT2D eigenvalue weighted by atomic mass is 16.6. The van der Waals surface area contributed by atoms with Gasteiger partial charge in [0.05, 0.1) is 25.3 Å². The van der Waals surface area contributed by atoms with Gasteiger partial charge in [-0.1, -0.05) is 19.4 Å². The second-order valence-electron chi connectivity index (χ2n) is 7.09. The van der Waals surface area contributed by atoms with Crippen molar-refractivity contribution in [3.8, 4) is 11.5 Å². The number of carbonyl (C=O) groups is 1. The number of hydrogen-bond donors (Lipinski definition) is 0. The molecule has 0 aromatic heterocycles. The summed E-state index contributed by atoms with van der Waals surface area (Å²) in [5, 5.41) is 0. The first-order valence-corrected chi connectivity index (χ1v) is 9.23. The Labute approximate surface area is 154 Å². The quantitative estimate of drug-likeness (QED) is 0.761. The molecule has 0 saturated carbocycles. The first-order valence-electron chi connectivity index (χ1n) is 9.23. The van der Waals surface area contributed by atoms with Gasteiger partial charge in [-0.3, -0.25) is 0 Å². The van der Waals surface area contributed by atoms with Crippen LogP contribution < -0.4 is 9.47 Å². The third-order valence-corrected chi connectivity index (χ3v) is 5.74. The van der Waals surface area contributed by atoms with Crippen LogP contribution in [-0.2, 0) is 17.6 Å². The number of esters is 1.